The minimum absolute atomic E-state index is 0. The van der Waals surface area contributed by atoms with Crippen LogP contribution in [0.4, 0.5) is 0 Å². The first-order chi connectivity index (χ1) is 5.76. The highest BCUT2D eigenvalue weighted by Crippen LogP contribution is 2.20. The Kier molecular flexibility index (Phi) is 11.8. The van der Waals surface area contributed by atoms with E-state index in [9.17, 15) is 5.11 Å². The summed E-state index contributed by atoms with van der Waals surface area (Å²) in [6.45, 7) is 1.98. The minimum Gasteiger partial charge on any atom is -0.388 e. The number of rotatable bonds is 2. The van der Waals surface area contributed by atoms with Gasteiger partial charge in [0.25, 0.3) is 0 Å². The molecule has 1 atom stereocenters. The number of hydrogen-bond acceptors (Lipinski definition) is 3. The van der Waals surface area contributed by atoms with Crippen molar-refractivity contribution in [3.05, 3.63) is 22.4 Å². The molecule has 1 heterocycles. The van der Waals surface area contributed by atoms with Crippen molar-refractivity contribution in [1.29, 1.82) is 0 Å². The van der Waals surface area contributed by atoms with Crippen LogP contribution in [-0.4, -0.2) is 19.2 Å². The molecular weight excluding hydrogens is 206 g/mol. The second-order valence-electron chi connectivity index (χ2n) is 2.44. The standard InChI is InChI=1S/C7H10OS.C2H7N.ClH/c1-2-6(8)7-4-3-5-9-7;1-3-2;/h3-6,8H,2H2,1H3;3H,1-2H3;1H. The van der Waals surface area contributed by atoms with Crippen molar-refractivity contribution in [2.24, 2.45) is 0 Å². The van der Waals surface area contributed by atoms with Crippen molar-refractivity contribution in [3.8, 4) is 0 Å². The molecule has 0 amide bonds. The van der Waals surface area contributed by atoms with Gasteiger partial charge in [-0.2, -0.15) is 0 Å². The first-order valence-corrected chi connectivity index (χ1v) is 4.94. The molecule has 2 N–H and O–H groups in total. The van der Waals surface area contributed by atoms with Crippen molar-refractivity contribution in [2.45, 2.75) is 19.4 Å². The summed E-state index contributed by atoms with van der Waals surface area (Å²) in [6, 6.07) is 3.91. The fourth-order valence-corrected chi connectivity index (χ4v) is 1.48. The minimum atomic E-state index is -0.245. The molecule has 4 heteroatoms. The van der Waals surface area contributed by atoms with Crippen LogP contribution in [0.1, 0.15) is 24.3 Å². The third kappa shape index (κ3) is 7.02. The molecule has 1 rings (SSSR count). The Morgan fingerprint density at radius 3 is 2.38 bits per heavy atom. The van der Waals surface area contributed by atoms with Gasteiger partial charge in [-0.05, 0) is 32.0 Å². The van der Waals surface area contributed by atoms with E-state index < -0.39 is 0 Å². The molecule has 13 heavy (non-hydrogen) atoms. The van der Waals surface area contributed by atoms with E-state index in [0.29, 0.717) is 0 Å². The zero-order chi connectivity index (χ0) is 9.40. The molecule has 1 aromatic rings. The predicted molar refractivity (Wildman–Crippen MR) is 61.8 cm³/mol. The van der Waals surface area contributed by atoms with Crippen LogP contribution in [0, 0.1) is 0 Å². The topological polar surface area (TPSA) is 32.3 Å². The van der Waals surface area contributed by atoms with E-state index in [1.165, 1.54) is 0 Å². The summed E-state index contributed by atoms with van der Waals surface area (Å²) >= 11 is 1.61. The highest BCUT2D eigenvalue weighted by atomic mass is 35.5. The Hall–Kier alpha value is -0.0900. The van der Waals surface area contributed by atoms with E-state index in [-0.39, 0.29) is 18.5 Å². The first-order valence-electron chi connectivity index (χ1n) is 4.06. The zero-order valence-electron chi connectivity index (χ0n) is 8.28. The van der Waals surface area contributed by atoms with Gasteiger partial charge >= 0.3 is 0 Å². The maximum Gasteiger partial charge on any atom is 0.0879 e. The molecule has 0 bridgehead atoms. The smallest absolute Gasteiger partial charge is 0.0879 e. The van der Waals surface area contributed by atoms with Crippen LogP contribution < -0.4 is 5.32 Å². The zero-order valence-corrected chi connectivity index (χ0v) is 9.91. The van der Waals surface area contributed by atoms with Gasteiger partial charge in [-0.25, -0.2) is 0 Å². The second-order valence-corrected chi connectivity index (χ2v) is 3.42. The fourth-order valence-electron chi connectivity index (χ4n) is 0.682. The van der Waals surface area contributed by atoms with E-state index in [0.717, 1.165) is 11.3 Å². The Labute approximate surface area is 90.4 Å². The maximum atomic E-state index is 9.23. The molecule has 0 radical (unpaired) electrons. The van der Waals surface area contributed by atoms with Crippen molar-refractivity contribution in [1.82, 2.24) is 5.32 Å². The van der Waals surface area contributed by atoms with Crippen LogP contribution in [0.5, 0.6) is 0 Å². The summed E-state index contributed by atoms with van der Waals surface area (Å²) in [5, 5.41) is 14.0. The lowest BCUT2D eigenvalue weighted by molar-refractivity contribution is 0.177. The van der Waals surface area contributed by atoms with E-state index in [1.807, 2.05) is 38.5 Å². The fraction of sp³-hybridized carbons (Fsp3) is 0.556. The summed E-state index contributed by atoms with van der Waals surface area (Å²) in [5.74, 6) is 0. The summed E-state index contributed by atoms with van der Waals surface area (Å²) < 4.78 is 0. The van der Waals surface area contributed by atoms with Crippen LogP contribution >= 0.6 is 23.7 Å². The van der Waals surface area contributed by atoms with Gasteiger partial charge in [0, 0.05) is 4.88 Å². The van der Waals surface area contributed by atoms with Gasteiger partial charge in [-0.1, -0.05) is 13.0 Å². The molecule has 0 aromatic carbocycles. The summed E-state index contributed by atoms with van der Waals surface area (Å²) in [5.41, 5.74) is 0. The third-order valence-corrected chi connectivity index (χ3v) is 2.23. The lowest BCUT2D eigenvalue weighted by Crippen LogP contribution is -1.89. The lowest BCUT2D eigenvalue weighted by Gasteiger charge is -2.01. The molecule has 1 unspecified atom stereocenters. The van der Waals surface area contributed by atoms with Gasteiger partial charge in [0.2, 0.25) is 0 Å². The quantitative estimate of drug-likeness (QED) is 0.808. The first kappa shape index (κ1) is 15.4. The van der Waals surface area contributed by atoms with E-state index in [4.69, 9.17) is 0 Å². The van der Waals surface area contributed by atoms with Crippen LogP contribution in [0.25, 0.3) is 0 Å². The number of aliphatic hydroxyl groups is 1. The largest absolute Gasteiger partial charge is 0.388 e. The Morgan fingerprint density at radius 2 is 2.08 bits per heavy atom. The molecule has 1 aromatic heterocycles. The predicted octanol–water partition coefficient (Wildman–Crippen LogP) is 2.45. The monoisotopic (exact) mass is 223 g/mol. The highest BCUT2D eigenvalue weighted by molar-refractivity contribution is 7.10. The van der Waals surface area contributed by atoms with Crippen molar-refractivity contribution >= 4 is 23.7 Å². The maximum absolute atomic E-state index is 9.23. The molecule has 0 fully saturated rings. The SMILES string of the molecule is CCC(O)c1cccs1.CNC.Cl. The van der Waals surface area contributed by atoms with Gasteiger partial charge in [0.1, 0.15) is 0 Å². The molecule has 0 saturated heterocycles. The number of halogens is 1. The molecular formula is C9H18ClNOS. The average molecular weight is 224 g/mol. The number of nitrogens with one attached hydrogen (secondary N) is 1. The van der Waals surface area contributed by atoms with Crippen LogP contribution in [0.15, 0.2) is 17.5 Å². The van der Waals surface area contributed by atoms with Gasteiger partial charge in [-0.15, -0.1) is 23.7 Å². The summed E-state index contributed by atoms with van der Waals surface area (Å²) in [4.78, 5) is 1.07. The van der Waals surface area contributed by atoms with Crippen LogP contribution in [0.3, 0.4) is 0 Å². The molecule has 0 saturated carbocycles. The molecule has 0 aliphatic rings. The van der Waals surface area contributed by atoms with Crippen LogP contribution in [-0.2, 0) is 0 Å². The Balaban J connectivity index is 0. The molecule has 2 nitrogen and oxygen atoms in total. The third-order valence-electron chi connectivity index (χ3n) is 1.26. The van der Waals surface area contributed by atoms with Crippen LogP contribution in [0.2, 0.25) is 0 Å². The molecule has 0 aliphatic carbocycles. The van der Waals surface area contributed by atoms with Crippen molar-refractivity contribution < 1.29 is 5.11 Å². The normalized spacial score (nSPS) is 10.8. The number of aliphatic hydroxyl groups excluding tert-OH is 1. The Morgan fingerprint density at radius 1 is 1.54 bits per heavy atom. The van der Waals surface area contributed by atoms with E-state index in [2.05, 4.69) is 5.32 Å². The van der Waals surface area contributed by atoms with Crippen molar-refractivity contribution in [2.75, 3.05) is 14.1 Å². The van der Waals surface area contributed by atoms with Gasteiger partial charge in [0.15, 0.2) is 0 Å². The van der Waals surface area contributed by atoms with Gasteiger partial charge in [-0.3, -0.25) is 0 Å². The van der Waals surface area contributed by atoms with E-state index >= 15 is 0 Å². The molecule has 78 valence electrons. The van der Waals surface area contributed by atoms with Crippen molar-refractivity contribution in [3.63, 3.8) is 0 Å². The summed E-state index contributed by atoms with van der Waals surface area (Å²) in [6.07, 6.45) is 0.561. The molecule has 0 aliphatic heterocycles. The number of thiophene rings is 1. The molecule has 0 spiro atoms. The van der Waals surface area contributed by atoms with Gasteiger partial charge in [0.05, 0.1) is 6.10 Å². The van der Waals surface area contributed by atoms with Gasteiger partial charge < -0.3 is 10.4 Å². The Bertz CT molecular complexity index is 180. The van der Waals surface area contributed by atoms with E-state index in [1.54, 1.807) is 11.3 Å². The number of hydrogen-bond donors (Lipinski definition) is 2. The lowest BCUT2D eigenvalue weighted by atomic mass is 10.2. The second kappa shape index (κ2) is 9.99. The highest BCUT2D eigenvalue weighted by Gasteiger charge is 2.02. The summed E-state index contributed by atoms with van der Waals surface area (Å²) in [7, 11) is 3.75. The average Bonchev–Trinajstić information content (AvgIpc) is 2.56.